The Morgan fingerprint density at radius 1 is 1.32 bits per heavy atom. The van der Waals surface area contributed by atoms with Crippen molar-refractivity contribution in [3.63, 3.8) is 0 Å². The Labute approximate surface area is 161 Å². The zero-order valence-corrected chi connectivity index (χ0v) is 16.0. The first-order chi connectivity index (χ1) is 13.2. The summed E-state index contributed by atoms with van der Waals surface area (Å²) < 4.78 is 78.4. The molecule has 2 fully saturated rings. The van der Waals surface area contributed by atoms with Gasteiger partial charge in [0.2, 0.25) is 5.88 Å². The van der Waals surface area contributed by atoms with E-state index in [1.165, 1.54) is 6.20 Å². The van der Waals surface area contributed by atoms with Gasteiger partial charge in [0.1, 0.15) is 6.61 Å². The molecule has 2 saturated heterocycles. The van der Waals surface area contributed by atoms with Crippen molar-refractivity contribution in [2.75, 3.05) is 39.5 Å². The van der Waals surface area contributed by atoms with E-state index in [0.29, 0.717) is 0 Å². The number of ether oxygens (including phenoxy) is 2. The molecule has 0 spiro atoms. The van der Waals surface area contributed by atoms with Crippen molar-refractivity contribution in [3.8, 4) is 5.88 Å². The lowest BCUT2D eigenvalue weighted by molar-refractivity contribution is -0.170. The van der Waals surface area contributed by atoms with E-state index in [1.807, 2.05) is 0 Å². The minimum Gasteiger partial charge on any atom is -0.476 e. The maximum absolute atomic E-state index is 13.3. The fourth-order valence-corrected chi connectivity index (χ4v) is 5.12. The van der Waals surface area contributed by atoms with Gasteiger partial charge in [-0.05, 0) is 18.1 Å². The maximum atomic E-state index is 13.3. The molecule has 2 aliphatic rings. The Hall–Kier alpha value is -1.47. The van der Waals surface area contributed by atoms with E-state index in [1.54, 1.807) is 12.1 Å². The van der Waals surface area contributed by atoms with E-state index >= 15 is 0 Å². The van der Waals surface area contributed by atoms with Crippen LogP contribution >= 0.6 is 0 Å². The zero-order valence-electron chi connectivity index (χ0n) is 15.1. The van der Waals surface area contributed by atoms with Gasteiger partial charge in [0.25, 0.3) is 10.2 Å². The molecule has 0 bridgehead atoms. The van der Waals surface area contributed by atoms with E-state index in [2.05, 4.69) is 4.98 Å². The molecule has 0 radical (unpaired) electrons. The van der Waals surface area contributed by atoms with Crippen molar-refractivity contribution >= 4 is 10.2 Å². The molecule has 1 aromatic heterocycles. The summed E-state index contributed by atoms with van der Waals surface area (Å²) >= 11 is 0. The van der Waals surface area contributed by atoms with Crippen LogP contribution in [-0.2, 0) is 21.5 Å². The minimum atomic E-state index is -4.48. The molecular weight excluding hydrogens is 401 g/mol. The quantitative estimate of drug-likeness (QED) is 0.724. The highest BCUT2D eigenvalue weighted by Crippen LogP contribution is 2.38. The summed E-state index contributed by atoms with van der Waals surface area (Å²) in [7, 11) is -4.06. The van der Waals surface area contributed by atoms with Gasteiger partial charge in [-0.1, -0.05) is 0 Å². The summed E-state index contributed by atoms with van der Waals surface area (Å²) in [6.45, 7) is 0.0759. The standard InChI is InChI=1S/C16H23F3N4O4S/c17-16(18,19)13-8-14(11-27-15-7-12(9-20)1-2-21-15)23(10-13)28(24,25)22-3-5-26-6-4-22/h1-2,7,13-14H,3-6,8-11,20H2. The van der Waals surface area contributed by atoms with Crippen molar-refractivity contribution in [2.24, 2.45) is 11.7 Å². The van der Waals surface area contributed by atoms with Gasteiger partial charge >= 0.3 is 6.18 Å². The number of nitrogens with two attached hydrogens (primary N) is 1. The Kier molecular flexibility index (Phi) is 6.44. The number of morpholine rings is 1. The van der Waals surface area contributed by atoms with Crippen LogP contribution in [0.5, 0.6) is 5.88 Å². The molecule has 2 N–H and O–H groups in total. The molecule has 3 heterocycles. The average molecular weight is 424 g/mol. The second-order valence-corrected chi connectivity index (χ2v) is 8.62. The molecule has 3 rings (SSSR count). The number of halogens is 3. The summed E-state index contributed by atoms with van der Waals surface area (Å²) in [4.78, 5) is 4.00. The average Bonchev–Trinajstić information content (AvgIpc) is 3.13. The SMILES string of the molecule is NCc1ccnc(OCC2CC(C(F)(F)F)CN2S(=O)(=O)N2CCOCC2)c1. The topological polar surface area (TPSA) is 98.0 Å². The van der Waals surface area contributed by atoms with E-state index in [4.69, 9.17) is 15.2 Å². The van der Waals surface area contributed by atoms with Crippen LogP contribution < -0.4 is 10.5 Å². The van der Waals surface area contributed by atoms with Gasteiger partial charge in [-0.3, -0.25) is 0 Å². The Bertz CT molecular complexity index is 771. The van der Waals surface area contributed by atoms with Gasteiger partial charge < -0.3 is 15.2 Å². The third-order valence-electron chi connectivity index (χ3n) is 4.88. The van der Waals surface area contributed by atoms with Crippen LogP contribution in [0, 0.1) is 5.92 Å². The largest absolute Gasteiger partial charge is 0.476 e. The molecule has 2 aliphatic heterocycles. The summed E-state index contributed by atoms with van der Waals surface area (Å²) in [6.07, 6.45) is -3.36. The van der Waals surface area contributed by atoms with Gasteiger partial charge in [-0.2, -0.15) is 30.2 Å². The minimum absolute atomic E-state index is 0.114. The van der Waals surface area contributed by atoms with Crippen molar-refractivity contribution in [2.45, 2.75) is 25.2 Å². The molecule has 8 nitrogen and oxygen atoms in total. The lowest BCUT2D eigenvalue weighted by Gasteiger charge is -2.32. The molecule has 2 unspecified atom stereocenters. The molecule has 0 saturated carbocycles. The lowest BCUT2D eigenvalue weighted by Crippen LogP contribution is -2.51. The van der Waals surface area contributed by atoms with Crippen molar-refractivity contribution in [1.82, 2.24) is 13.6 Å². The highest BCUT2D eigenvalue weighted by Gasteiger charge is 2.52. The van der Waals surface area contributed by atoms with Gasteiger partial charge in [0.05, 0.1) is 25.2 Å². The molecule has 0 aromatic carbocycles. The zero-order chi connectivity index (χ0) is 20.4. The van der Waals surface area contributed by atoms with Gasteiger partial charge in [0.15, 0.2) is 0 Å². The molecular formula is C16H23F3N4O4S. The second kappa shape index (κ2) is 8.49. The number of hydrogen-bond acceptors (Lipinski definition) is 6. The number of alkyl halides is 3. The van der Waals surface area contributed by atoms with E-state index in [9.17, 15) is 21.6 Å². The summed E-state index contributed by atoms with van der Waals surface area (Å²) in [5, 5.41) is 0. The number of hydrogen-bond donors (Lipinski definition) is 1. The first kappa shape index (κ1) is 21.2. The fourth-order valence-electron chi connectivity index (χ4n) is 3.32. The maximum Gasteiger partial charge on any atom is 0.393 e. The number of pyridine rings is 1. The van der Waals surface area contributed by atoms with Crippen LogP contribution in [0.25, 0.3) is 0 Å². The van der Waals surface area contributed by atoms with Crippen LogP contribution in [0.15, 0.2) is 18.3 Å². The predicted octanol–water partition coefficient (Wildman–Crippen LogP) is 0.749. The van der Waals surface area contributed by atoms with Gasteiger partial charge in [-0.15, -0.1) is 0 Å². The van der Waals surface area contributed by atoms with Crippen LogP contribution in [-0.4, -0.2) is 73.7 Å². The lowest BCUT2D eigenvalue weighted by atomic mass is 10.1. The molecule has 28 heavy (non-hydrogen) atoms. The Morgan fingerprint density at radius 3 is 2.68 bits per heavy atom. The summed E-state index contributed by atoms with van der Waals surface area (Å²) in [5.74, 6) is -1.54. The first-order valence-corrected chi connectivity index (χ1v) is 10.3. The number of nitrogens with zero attached hydrogens (tertiary/aromatic N) is 3. The Balaban J connectivity index is 1.77. The smallest absolute Gasteiger partial charge is 0.393 e. The van der Waals surface area contributed by atoms with E-state index < -0.39 is 34.9 Å². The second-order valence-electron chi connectivity index (χ2n) is 6.73. The van der Waals surface area contributed by atoms with Crippen LogP contribution in [0.3, 0.4) is 0 Å². The third-order valence-corrected chi connectivity index (χ3v) is 6.94. The van der Waals surface area contributed by atoms with Crippen molar-refractivity contribution < 1.29 is 31.1 Å². The molecule has 12 heteroatoms. The normalized spacial score (nSPS) is 25.1. The Morgan fingerprint density at radius 2 is 2.04 bits per heavy atom. The fraction of sp³-hybridized carbons (Fsp3) is 0.688. The molecule has 0 amide bonds. The van der Waals surface area contributed by atoms with Gasteiger partial charge in [-0.25, -0.2) is 4.98 Å². The molecule has 0 aliphatic carbocycles. The van der Waals surface area contributed by atoms with Crippen molar-refractivity contribution in [3.05, 3.63) is 23.9 Å². The number of rotatable bonds is 6. The van der Waals surface area contributed by atoms with E-state index in [-0.39, 0.29) is 51.8 Å². The van der Waals surface area contributed by atoms with Crippen LogP contribution in [0.4, 0.5) is 13.2 Å². The van der Waals surface area contributed by atoms with Gasteiger partial charge in [0, 0.05) is 38.4 Å². The molecule has 2 atom stereocenters. The summed E-state index contributed by atoms with van der Waals surface area (Å²) in [6, 6.07) is 2.33. The van der Waals surface area contributed by atoms with E-state index in [0.717, 1.165) is 14.2 Å². The van der Waals surface area contributed by atoms with Crippen molar-refractivity contribution in [1.29, 1.82) is 0 Å². The molecule has 158 valence electrons. The highest BCUT2D eigenvalue weighted by molar-refractivity contribution is 7.86. The first-order valence-electron chi connectivity index (χ1n) is 8.91. The van der Waals surface area contributed by atoms with Crippen LogP contribution in [0.2, 0.25) is 0 Å². The monoisotopic (exact) mass is 424 g/mol. The summed E-state index contributed by atoms with van der Waals surface area (Å²) in [5.41, 5.74) is 6.31. The van der Waals surface area contributed by atoms with Crippen LogP contribution in [0.1, 0.15) is 12.0 Å². The molecule has 1 aromatic rings. The number of aromatic nitrogens is 1. The highest BCUT2D eigenvalue weighted by atomic mass is 32.2. The predicted molar refractivity (Wildman–Crippen MR) is 93.6 cm³/mol. The third kappa shape index (κ3) is 4.74.